The lowest BCUT2D eigenvalue weighted by Gasteiger charge is -2.14. The van der Waals surface area contributed by atoms with Crippen LogP contribution < -0.4 is 5.73 Å². The van der Waals surface area contributed by atoms with Crippen LogP contribution in [0, 0.1) is 0 Å². The van der Waals surface area contributed by atoms with Crippen LogP contribution in [0.4, 0.5) is 5.82 Å². The average Bonchev–Trinajstić information content (AvgIpc) is 3.68. The van der Waals surface area contributed by atoms with Gasteiger partial charge in [0.2, 0.25) is 0 Å². The molecule has 2 aromatic heterocycles. The highest BCUT2D eigenvalue weighted by atomic mass is 32.1. The average molecular weight is 673 g/mol. The molecule has 0 aliphatic carbocycles. The molecule has 0 radical (unpaired) electrons. The summed E-state index contributed by atoms with van der Waals surface area (Å²) in [5, 5.41) is 10.3. The van der Waals surface area contributed by atoms with E-state index in [0.717, 1.165) is 34.5 Å². The Hall–Kier alpha value is -6.16. The predicted molar refractivity (Wildman–Crippen MR) is 225 cm³/mol. The van der Waals surface area contributed by atoms with Crippen molar-refractivity contribution in [2.24, 2.45) is 0 Å². The highest BCUT2D eigenvalue weighted by molar-refractivity contribution is 7.25. The van der Waals surface area contributed by atoms with Crippen molar-refractivity contribution in [3.05, 3.63) is 175 Å². The van der Waals surface area contributed by atoms with Crippen molar-refractivity contribution in [2.75, 3.05) is 5.73 Å². The largest absolute Gasteiger partial charge is 0.384 e. The Morgan fingerprint density at radius 1 is 0.588 bits per heavy atom. The zero-order chi connectivity index (χ0) is 34.5. The normalized spacial score (nSPS) is 12.1. The lowest BCUT2D eigenvalue weighted by atomic mass is 9.92. The monoisotopic (exact) mass is 672 g/mol. The minimum atomic E-state index is 0.696. The van der Waals surface area contributed by atoms with Gasteiger partial charge in [-0.25, -0.2) is 0 Å². The molecule has 3 heteroatoms. The summed E-state index contributed by atoms with van der Waals surface area (Å²) in [6.45, 7) is 6.25. The van der Waals surface area contributed by atoms with Gasteiger partial charge in [-0.15, -0.1) is 11.3 Å². The molecule has 9 rings (SSSR count). The molecule has 0 aliphatic heterocycles. The number of rotatable bonds is 7. The van der Waals surface area contributed by atoms with E-state index in [1.807, 2.05) is 24.3 Å². The fraction of sp³-hybridized carbons (Fsp3) is 0.0417. The second-order valence-corrected chi connectivity index (χ2v) is 14.2. The topological polar surface area (TPSA) is 30.9 Å². The number of hydrogen-bond acceptors (Lipinski definition) is 2. The first-order chi connectivity index (χ1) is 25.1. The van der Waals surface area contributed by atoms with Gasteiger partial charge in [0.1, 0.15) is 5.82 Å². The number of nitrogens with two attached hydrogens (primary N) is 1. The summed E-state index contributed by atoms with van der Waals surface area (Å²) < 4.78 is 4.81. The van der Waals surface area contributed by atoms with Crippen LogP contribution in [0.15, 0.2) is 152 Å². The first-order valence-electron chi connectivity index (χ1n) is 17.4. The zero-order valence-electron chi connectivity index (χ0n) is 28.4. The lowest BCUT2D eigenvalue weighted by Crippen LogP contribution is -2.02. The quantitative estimate of drug-likeness (QED) is 0.168. The molecule has 9 aromatic rings. The van der Waals surface area contributed by atoms with Crippen LogP contribution in [0.25, 0.3) is 87.5 Å². The van der Waals surface area contributed by atoms with Crippen molar-refractivity contribution >= 4 is 87.9 Å². The van der Waals surface area contributed by atoms with Crippen LogP contribution in [0.3, 0.4) is 0 Å². The van der Waals surface area contributed by atoms with Crippen molar-refractivity contribution in [3.63, 3.8) is 0 Å². The molecule has 0 saturated carbocycles. The second kappa shape index (κ2) is 12.6. The Balaban J connectivity index is 1.11. The van der Waals surface area contributed by atoms with Crippen LogP contribution >= 0.6 is 11.3 Å². The van der Waals surface area contributed by atoms with Gasteiger partial charge < -0.3 is 5.73 Å². The van der Waals surface area contributed by atoms with Crippen molar-refractivity contribution in [2.45, 2.75) is 13.3 Å². The van der Waals surface area contributed by atoms with Crippen molar-refractivity contribution in [3.8, 4) is 16.8 Å². The molecule has 2 heterocycles. The summed E-state index contributed by atoms with van der Waals surface area (Å²) >= 11 is 1.85. The van der Waals surface area contributed by atoms with Gasteiger partial charge >= 0.3 is 0 Å². The molecule has 0 saturated heterocycles. The number of aromatic nitrogens is 1. The fourth-order valence-electron chi connectivity index (χ4n) is 7.76. The van der Waals surface area contributed by atoms with Crippen molar-refractivity contribution < 1.29 is 0 Å². The van der Waals surface area contributed by atoms with E-state index < -0.39 is 0 Å². The summed E-state index contributed by atoms with van der Waals surface area (Å²) in [5.41, 5.74) is 14.7. The number of thiophene rings is 1. The van der Waals surface area contributed by atoms with Gasteiger partial charge in [-0.2, -0.15) is 0 Å². The van der Waals surface area contributed by atoms with Crippen molar-refractivity contribution in [1.29, 1.82) is 0 Å². The maximum absolute atomic E-state index is 7.05. The summed E-state index contributed by atoms with van der Waals surface area (Å²) in [6.07, 6.45) is 11.3. The predicted octanol–water partition coefficient (Wildman–Crippen LogP) is 13.5. The molecule has 0 bridgehead atoms. The summed E-state index contributed by atoms with van der Waals surface area (Å²) in [4.78, 5) is 0. The highest BCUT2D eigenvalue weighted by Crippen LogP contribution is 2.39. The smallest absolute Gasteiger partial charge is 0.116 e. The van der Waals surface area contributed by atoms with Gasteiger partial charge in [0.25, 0.3) is 0 Å². The van der Waals surface area contributed by atoms with Gasteiger partial charge in [-0.05, 0) is 105 Å². The van der Waals surface area contributed by atoms with Gasteiger partial charge in [-0.3, -0.25) is 4.57 Å². The Kier molecular flexibility index (Phi) is 7.64. The molecule has 0 aliphatic rings. The van der Waals surface area contributed by atoms with Crippen LogP contribution in [0.5, 0.6) is 0 Å². The Bertz CT molecular complexity index is 2840. The number of nitrogens with zero attached hydrogens (tertiary/aromatic N) is 1. The first kappa shape index (κ1) is 30.9. The van der Waals surface area contributed by atoms with Gasteiger partial charge in [0, 0.05) is 37.0 Å². The maximum atomic E-state index is 7.05. The SMILES string of the molecule is C=Cc1c(/C=C\Cc2ccc3sc4ccccc4c3c2)c(N)n(-c2cccc(-c3ccc4c5ccccc5c5ccccc5c4c3)c2)c1/C=C\C. The van der Waals surface area contributed by atoms with E-state index in [-0.39, 0.29) is 0 Å². The third-order valence-electron chi connectivity index (χ3n) is 10.1. The third kappa shape index (κ3) is 5.17. The molecule has 51 heavy (non-hydrogen) atoms. The number of fused-ring (bicyclic) bond motifs is 9. The van der Waals surface area contributed by atoms with Crippen LogP contribution in [-0.2, 0) is 6.42 Å². The minimum Gasteiger partial charge on any atom is -0.384 e. The number of allylic oxidation sites excluding steroid dienone is 2. The number of anilines is 1. The molecule has 0 atom stereocenters. The minimum absolute atomic E-state index is 0.696. The standard InChI is InChI=1S/C48H36N2S/c1-3-13-45-35(4-2)42(22-11-14-31-24-27-47-44(28-31)41-21-9-10-23-46(41)51-47)48(49)50(45)34-16-12-15-32(29-34)33-25-26-40-38-19-6-5-17-36(38)37-18-7-8-20-39(37)43(40)30-33/h3-13,15-30H,2,14,49H2,1H3/b13-3-,22-11-. The van der Waals surface area contributed by atoms with Gasteiger partial charge in [-0.1, -0.05) is 128 Å². The Labute approximate surface area is 301 Å². The first-order valence-corrected chi connectivity index (χ1v) is 18.2. The number of nitrogen functional groups attached to an aromatic ring is 1. The van der Waals surface area contributed by atoms with Crippen LogP contribution in [0.1, 0.15) is 29.3 Å². The second-order valence-electron chi connectivity index (χ2n) is 13.1. The summed E-state index contributed by atoms with van der Waals surface area (Å²) in [6, 6.07) is 48.5. The Morgan fingerprint density at radius 3 is 1.96 bits per heavy atom. The zero-order valence-corrected chi connectivity index (χ0v) is 29.3. The molecular weight excluding hydrogens is 637 g/mol. The van der Waals surface area contributed by atoms with E-state index in [2.05, 4.69) is 169 Å². The molecule has 0 amide bonds. The molecule has 2 N–H and O–H groups in total. The summed E-state index contributed by atoms with van der Waals surface area (Å²) in [5.74, 6) is 0.696. The molecule has 7 aromatic carbocycles. The molecule has 0 fully saturated rings. The molecule has 2 nitrogen and oxygen atoms in total. The molecule has 0 spiro atoms. The molecule has 244 valence electrons. The third-order valence-corrected chi connectivity index (χ3v) is 11.3. The molecule has 0 unspecified atom stereocenters. The van der Waals surface area contributed by atoms with Crippen molar-refractivity contribution in [1.82, 2.24) is 4.57 Å². The summed E-state index contributed by atoms with van der Waals surface area (Å²) in [7, 11) is 0. The lowest BCUT2D eigenvalue weighted by molar-refractivity contribution is 1.07. The molecular formula is C48H36N2S. The van der Waals surface area contributed by atoms with E-state index in [0.29, 0.717) is 5.82 Å². The van der Waals surface area contributed by atoms with E-state index >= 15 is 0 Å². The van der Waals surface area contributed by atoms with E-state index in [1.165, 1.54) is 63.6 Å². The number of hydrogen-bond donors (Lipinski definition) is 1. The maximum Gasteiger partial charge on any atom is 0.116 e. The fourth-order valence-corrected chi connectivity index (χ4v) is 8.85. The van der Waals surface area contributed by atoms with Crippen LogP contribution in [0.2, 0.25) is 0 Å². The van der Waals surface area contributed by atoms with E-state index in [1.54, 1.807) is 0 Å². The van der Waals surface area contributed by atoms with E-state index in [9.17, 15) is 0 Å². The van der Waals surface area contributed by atoms with Crippen LogP contribution in [-0.4, -0.2) is 4.57 Å². The highest BCUT2D eigenvalue weighted by Gasteiger charge is 2.18. The van der Waals surface area contributed by atoms with Gasteiger partial charge in [0.05, 0.1) is 5.69 Å². The van der Waals surface area contributed by atoms with E-state index in [4.69, 9.17) is 5.73 Å². The Morgan fingerprint density at radius 2 is 1.24 bits per heavy atom. The number of benzene rings is 7. The van der Waals surface area contributed by atoms with Gasteiger partial charge in [0.15, 0.2) is 0 Å².